The molecule has 0 saturated carbocycles. The van der Waals surface area contributed by atoms with Gasteiger partial charge in [-0.05, 0) is 12.8 Å². The number of anilines is 2. The van der Waals surface area contributed by atoms with E-state index < -0.39 is 0 Å². The predicted octanol–water partition coefficient (Wildman–Crippen LogP) is -0.245. The Bertz CT molecular complexity index is 386. The zero-order valence-corrected chi connectivity index (χ0v) is 11.8. The molecular formula is C11H22N6O3. The van der Waals surface area contributed by atoms with Crippen molar-refractivity contribution in [3.05, 3.63) is 0 Å². The van der Waals surface area contributed by atoms with Crippen LogP contribution in [-0.2, 0) is 4.74 Å². The van der Waals surface area contributed by atoms with E-state index in [9.17, 15) is 0 Å². The van der Waals surface area contributed by atoms with Crippen molar-refractivity contribution in [3.8, 4) is 6.01 Å². The van der Waals surface area contributed by atoms with E-state index in [0.29, 0.717) is 25.6 Å². The molecule has 9 heteroatoms. The van der Waals surface area contributed by atoms with E-state index in [2.05, 4.69) is 25.7 Å². The molecule has 1 atom stereocenters. The van der Waals surface area contributed by atoms with E-state index in [1.165, 1.54) is 0 Å². The van der Waals surface area contributed by atoms with Crippen LogP contribution in [0.25, 0.3) is 0 Å². The van der Waals surface area contributed by atoms with Crippen molar-refractivity contribution in [3.63, 3.8) is 0 Å². The molecule has 114 valence electrons. The maximum absolute atomic E-state index is 9.01. The van der Waals surface area contributed by atoms with Gasteiger partial charge in [-0.3, -0.25) is 5.43 Å². The number of nitrogens with one attached hydrogen (secondary N) is 2. The van der Waals surface area contributed by atoms with Gasteiger partial charge in [-0.25, -0.2) is 5.84 Å². The Morgan fingerprint density at radius 3 is 2.65 bits per heavy atom. The van der Waals surface area contributed by atoms with Gasteiger partial charge in [-0.1, -0.05) is 6.92 Å². The Hall–Kier alpha value is -1.71. The Labute approximate surface area is 117 Å². The average molecular weight is 286 g/mol. The van der Waals surface area contributed by atoms with Crippen molar-refractivity contribution >= 4 is 11.9 Å². The molecule has 1 aromatic rings. The molecule has 1 unspecified atom stereocenters. The molecule has 0 aliphatic heterocycles. The minimum Gasteiger partial charge on any atom is -0.463 e. The number of nitrogens with zero attached hydrogens (tertiary/aromatic N) is 3. The lowest BCUT2D eigenvalue weighted by atomic mass is 10.2. The first-order valence-electron chi connectivity index (χ1n) is 6.45. The molecule has 9 nitrogen and oxygen atoms in total. The summed E-state index contributed by atoms with van der Waals surface area (Å²) in [6.45, 7) is 2.94. The summed E-state index contributed by atoms with van der Waals surface area (Å²) in [5.74, 6) is 5.83. The number of ether oxygens (including phenoxy) is 2. The maximum Gasteiger partial charge on any atom is 0.323 e. The summed E-state index contributed by atoms with van der Waals surface area (Å²) in [7, 11) is 1.59. The monoisotopic (exact) mass is 286 g/mol. The molecule has 0 spiro atoms. The molecule has 0 fully saturated rings. The molecule has 0 amide bonds. The highest BCUT2D eigenvalue weighted by atomic mass is 16.5. The molecule has 0 aliphatic carbocycles. The van der Waals surface area contributed by atoms with Crippen LogP contribution in [0.3, 0.4) is 0 Å². The van der Waals surface area contributed by atoms with Crippen molar-refractivity contribution < 1.29 is 14.6 Å². The van der Waals surface area contributed by atoms with Crippen LogP contribution in [0.1, 0.15) is 19.8 Å². The quantitative estimate of drug-likeness (QED) is 0.340. The topological polar surface area (TPSA) is 127 Å². The molecule has 5 N–H and O–H groups in total. The minimum atomic E-state index is -0.114. The summed E-state index contributed by atoms with van der Waals surface area (Å²) >= 11 is 0. The molecule has 0 saturated heterocycles. The van der Waals surface area contributed by atoms with E-state index in [1.54, 1.807) is 7.11 Å². The van der Waals surface area contributed by atoms with Crippen LogP contribution in [0.4, 0.5) is 11.9 Å². The fraction of sp³-hybridized carbons (Fsp3) is 0.727. The average Bonchev–Trinajstić information content (AvgIpc) is 2.45. The lowest BCUT2D eigenvalue weighted by Crippen LogP contribution is -2.27. The number of nitrogens with two attached hydrogens (primary N) is 1. The highest BCUT2D eigenvalue weighted by Gasteiger charge is 2.12. The van der Waals surface area contributed by atoms with Crippen LogP contribution in [0, 0.1) is 0 Å². The first-order valence-corrected chi connectivity index (χ1v) is 6.45. The van der Waals surface area contributed by atoms with E-state index in [1.807, 2.05) is 6.92 Å². The van der Waals surface area contributed by atoms with Crippen LogP contribution >= 0.6 is 0 Å². The highest BCUT2D eigenvalue weighted by molar-refractivity contribution is 5.35. The van der Waals surface area contributed by atoms with E-state index in [4.69, 9.17) is 20.4 Å². The van der Waals surface area contributed by atoms with Crippen molar-refractivity contribution in [2.75, 3.05) is 37.7 Å². The number of nitrogen functional groups attached to an aromatic ring is 1. The Balaban J connectivity index is 2.80. The van der Waals surface area contributed by atoms with Crippen molar-refractivity contribution in [2.45, 2.75) is 25.8 Å². The SMILES string of the molecule is CCCOc1nc(NN)nc(NC(CCO)COC)n1. The van der Waals surface area contributed by atoms with Crippen LogP contribution in [-0.4, -0.2) is 53.0 Å². The van der Waals surface area contributed by atoms with Gasteiger partial charge < -0.3 is 19.9 Å². The zero-order valence-electron chi connectivity index (χ0n) is 11.8. The number of aromatic nitrogens is 3. The maximum atomic E-state index is 9.01. The number of hydrogen-bond donors (Lipinski definition) is 4. The Kier molecular flexibility index (Phi) is 7.55. The van der Waals surface area contributed by atoms with Gasteiger partial charge in [0.1, 0.15) is 0 Å². The fourth-order valence-corrected chi connectivity index (χ4v) is 1.48. The standard InChI is InChI=1S/C11H22N6O3/c1-3-6-20-11-15-9(14-10(16-11)17-12)13-8(4-5-18)7-19-2/h8,18H,3-7,12H2,1-2H3,(H2,13,14,15,16,17). The van der Waals surface area contributed by atoms with Gasteiger partial charge in [0.05, 0.1) is 19.3 Å². The van der Waals surface area contributed by atoms with Gasteiger partial charge in [0, 0.05) is 13.7 Å². The van der Waals surface area contributed by atoms with Crippen LogP contribution < -0.4 is 21.3 Å². The van der Waals surface area contributed by atoms with E-state index in [-0.39, 0.29) is 24.6 Å². The Morgan fingerprint density at radius 1 is 1.30 bits per heavy atom. The van der Waals surface area contributed by atoms with Gasteiger partial charge >= 0.3 is 6.01 Å². The number of hydrazine groups is 1. The summed E-state index contributed by atoms with van der Waals surface area (Å²) in [6.07, 6.45) is 1.35. The fourth-order valence-electron chi connectivity index (χ4n) is 1.48. The van der Waals surface area contributed by atoms with Crippen molar-refractivity contribution in [1.82, 2.24) is 15.0 Å². The summed E-state index contributed by atoms with van der Waals surface area (Å²) in [4.78, 5) is 12.2. The summed E-state index contributed by atoms with van der Waals surface area (Å²) in [5.41, 5.74) is 2.36. The third-order valence-corrected chi connectivity index (χ3v) is 2.36. The largest absolute Gasteiger partial charge is 0.463 e. The smallest absolute Gasteiger partial charge is 0.323 e. The lowest BCUT2D eigenvalue weighted by Gasteiger charge is -2.17. The third kappa shape index (κ3) is 5.51. The first kappa shape index (κ1) is 16.3. The molecular weight excluding hydrogens is 264 g/mol. The van der Waals surface area contributed by atoms with Gasteiger partial charge in [0.25, 0.3) is 0 Å². The molecule has 1 aromatic heterocycles. The summed E-state index contributed by atoms with van der Waals surface area (Å²) < 4.78 is 10.4. The van der Waals surface area contributed by atoms with E-state index >= 15 is 0 Å². The van der Waals surface area contributed by atoms with Crippen LogP contribution in [0.2, 0.25) is 0 Å². The summed E-state index contributed by atoms with van der Waals surface area (Å²) in [6, 6.07) is 0.0783. The van der Waals surface area contributed by atoms with Gasteiger partial charge in [0.2, 0.25) is 11.9 Å². The molecule has 0 radical (unpaired) electrons. The van der Waals surface area contributed by atoms with Crippen LogP contribution in [0.5, 0.6) is 6.01 Å². The number of hydrogen-bond acceptors (Lipinski definition) is 9. The molecule has 1 rings (SSSR count). The van der Waals surface area contributed by atoms with E-state index in [0.717, 1.165) is 6.42 Å². The Morgan fingerprint density at radius 2 is 2.05 bits per heavy atom. The van der Waals surface area contributed by atoms with Gasteiger partial charge in [0.15, 0.2) is 0 Å². The minimum absolute atomic E-state index is 0.0350. The number of rotatable bonds is 10. The molecule has 0 aliphatic rings. The zero-order chi connectivity index (χ0) is 14.8. The van der Waals surface area contributed by atoms with Gasteiger partial charge in [-0.2, -0.15) is 15.0 Å². The lowest BCUT2D eigenvalue weighted by molar-refractivity contribution is 0.170. The second-order valence-corrected chi connectivity index (χ2v) is 4.07. The highest BCUT2D eigenvalue weighted by Crippen LogP contribution is 2.12. The second-order valence-electron chi connectivity index (χ2n) is 4.07. The van der Waals surface area contributed by atoms with Crippen molar-refractivity contribution in [1.29, 1.82) is 0 Å². The molecule has 1 heterocycles. The second kappa shape index (κ2) is 9.23. The molecule has 0 bridgehead atoms. The number of aliphatic hydroxyl groups excluding tert-OH is 1. The molecule has 20 heavy (non-hydrogen) atoms. The van der Waals surface area contributed by atoms with Crippen molar-refractivity contribution in [2.24, 2.45) is 5.84 Å². The third-order valence-electron chi connectivity index (χ3n) is 2.36. The number of aliphatic hydroxyl groups is 1. The predicted molar refractivity (Wildman–Crippen MR) is 74.4 cm³/mol. The van der Waals surface area contributed by atoms with Crippen LogP contribution in [0.15, 0.2) is 0 Å². The molecule has 0 aromatic carbocycles. The summed E-state index contributed by atoms with van der Waals surface area (Å²) in [5, 5.41) is 12.1. The van der Waals surface area contributed by atoms with Gasteiger partial charge in [-0.15, -0.1) is 0 Å². The normalized spacial score (nSPS) is 12.0. The number of methoxy groups -OCH3 is 1. The first-order chi connectivity index (χ1) is 9.73.